The quantitative estimate of drug-likeness (QED) is 0.123. The predicted molar refractivity (Wildman–Crippen MR) is 113 cm³/mol. The van der Waals surface area contributed by atoms with Crippen molar-refractivity contribution in [1.82, 2.24) is 0 Å². The molecule has 24 heavy (non-hydrogen) atoms. The van der Waals surface area contributed by atoms with Crippen LogP contribution in [-0.4, -0.2) is 11.4 Å². The molecule has 0 fully saturated rings. The van der Waals surface area contributed by atoms with E-state index in [1.165, 1.54) is 0 Å². The summed E-state index contributed by atoms with van der Waals surface area (Å²) in [7, 11) is 0. The van der Waals surface area contributed by atoms with E-state index in [0.29, 0.717) is 11.8 Å². The Kier molecular flexibility index (Phi) is 10.2. The first-order chi connectivity index (χ1) is 11.0. The van der Waals surface area contributed by atoms with E-state index in [-0.39, 0.29) is 49.5 Å². The van der Waals surface area contributed by atoms with Gasteiger partial charge in [0.15, 0.2) is 0 Å². The van der Waals surface area contributed by atoms with Crippen LogP contribution in [0.2, 0.25) is 25.1 Å². The molecular formula is C12H3Cl9OS2. The first-order valence-electron chi connectivity index (χ1n) is 5.43. The van der Waals surface area contributed by atoms with Gasteiger partial charge in [-0.1, -0.05) is 104 Å². The van der Waals surface area contributed by atoms with Crippen molar-refractivity contribution >= 4 is 133 Å². The number of hydrogen-bond donors (Lipinski definition) is 0. The van der Waals surface area contributed by atoms with Gasteiger partial charge >= 0.3 is 0 Å². The first kappa shape index (κ1) is 23.7. The Morgan fingerprint density at radius 2 is 1.12 bits per heavy atom. The van der Waals surface area contributed by atoms with Gasteiger partial charge in [0, 0.05) is 0 Å². The highest BCUT2D eigenvalue weighted by Gasteiger charge is 2.24. The van der Waals surface area contributed by atoms with E-state index in [4.69, 9.17) is 104 Å². The molecule has 12 heteroatoms. The van der Waals surface area contributed by atoms with Crippen molar-refractivity contribution in [1.29, 1.82) is 0 Å². The van der Waals surface area contributed by atoms with E-state index in [1.807, 2.05) is 0 Å². The van der Waals surface area contributed by atoms with Gasteiger partial charge < -0.3 is 0 Å². The lowest BCUT2D eigenvalue weighted by molar-refractivity contribution is -0.107. The molecule has 0 spiro atoms. The van der Waals surface area contributed by atoms with E-state index in [1.54, 1.807) is 6.26 Å². The number of carbonyl (C=O) groups excluding carboxylic acids is 1. The van der Waals surface area contributed by atoms with E-state index in [2.05, 4.69) is 0 Å². The summed E-state index contributed by atoms with van der Waals surface area (Å²) >= 11 is 55.3. The van der Waals surface area contributed by atoms with Gasteiger partial charge in [0.1, 0.15) is 5.03 Å². The minimum Gasteiger partial charge on any atom is -0.280 e. The van der Waals surface area contributed by atoms with Crippen LogP contribution in [0.25, 0.3) is 0 Å². The standard InChI is InChI=1S/C12H3Cl9OS2/c1-23-11(21)8(19)5(16)9(20)12(22)24-10-6(17)3(14)2(13)4(15)7(10)18/h1H3/b9-5-,11-8+. The fourth-order valence-corrected chi connectivity index (χ4v) is 4.72. The molecule has 1 rings (SSSR count). The van der Waals surface area contributed by atoms with Crippen LogP contribution in [0, 0.1) is 0 Å². The molecule has 0 aliphatic rings. The monoisotopic (exact) mass is 542 g/mol. The van der Waals surface area contributed by atoms with E-state index in [0.717, 1.165) is 11.8 Å². The molecule has 0 unspecified atom stereocenters. The summed E-state index contributed by atoms with van der Waals surface area (Å²) in [4.78, 5) is 12.4. The number of benzene rings is 1. The second-order valence-electron chi connectivity index (χ2n) is 3.71. The maximum atomic E-state index is 12.3. The van der Waals surface area contributed by atoms with Crippen LogP contribution >= 0.6 is 128 Å². The summed E-state index contributed by atoms with van der Waals surface area (Å²) in [6.07, 6.45) is 1.68. The summed E-state index contributed by atoms with van der Waals surface area (Å²) < 4.78 is 0.172. The largest absolute Gasteiger partial charge is 0.280 e. The normalized spacial score (nSPS) is 13.6. The van der Waals surface area contributed by atoms with Gasteiger partial charge in [0.05, 0.1) is 44.4 Å². The second-order valence-corrected chi connectivity index (χ2v) is 9.13. The fraction of sp³-hybridized carbons (Fsp3) is 0.0833. The van der Waals surface area contributed by atoms with Gasteiger partial charge in [-0.15, -0.1) is 11.8 Å². The summed E-state index contributed by atoms with van der Waals surface area (Å²) in [6, 6.07) is 0. The molecule has 1 aromatic rings. The smallest absolute Gasteiger partial charge is 0.237 e. The van der Waals surface area contributed by atoms with Crippen molar-refractivity contribution in [2.45, 2.75) is 4.90 Å². The van der Waals surface area contributed by atoms with Crippen molar-refractivity contribution in [3.8, 4) is 0 Å². The van der Waals surface area contributed by atoms with Gasteiger partial charge in [-0.05, 0) is 18.0 Å². The molecule has 0 bridgehead atoms. The highest BCUT2D eigenvalue weighted by atomic mass is 35.5. The topological polar surface area (TPSA) is 17.1 Å². The highest BCUT2D eigenvalue weighted by Crippen LogP contribution is 2.49. The Bertz CT molecular complexity index is 728. The number of hydrogen-bond acceptors (Lipinski definition) is 3. The SMILES string of the molecule is CS/C(Cl)=C(Cl)\C(Cl)=C(\Cl)C(=O)Sc1c(Cl)c(Cl)c(Cl)c(Cl)c1Cl. The maximum Gasteiger partial charge on any atom is 0.237 e. The number of allylic oxidation sites excluding steroid dienone is 2. The summed E-state index contributed by atoms with van der Waals surface area (Å²) in [5.74, 6) is 0. The third-order valence-corrected chi connectivity index (χ3v) is 8.63. The number of carbonyl (C=O) groups is 1. The van der Waals surface area contributed by atoms with Crippen LogP contribution in [-0.2, 0) is 4.79 Å². The minimum atomic E-state index is -0.691. The van der Waals surface area contributed by atoms with Crippen LogP contribution in [0.5, 0.6) is 0 Å². The lowest BCUT2D eigenvalue weighted by Crippen LogP contribution is -1.96. The maximum absolute atomic E-state index is 12.3. The Morgan fingerprint density at radius 1 is 0.708 bits per heavy atom. The summed E-state index contributed by atoms with van der Waals surface area (Å²) in [5.41, 5.74) is 0. The zero-order valence-corrected chi connectivity index (χ0v) is 19.6. The number of rotatable bonds is 4. The Balaban J connectivity index is 3.31. The summed E-state index contributed by atoms with van der Waals surface area (Å²) in [6.45, 7) is 0. The van der Waals surface area contributed by atoms with Gasteiger partial charge in [-0.25, -0.2) is 0 Å². The van der Waals surface area contributed by atoms with Crippen molar-refractivity contribution < 1.29 is 4.79 Å². The van der Waals surface area contributed by atoms with Crippen LogP contribution < -0.4 is 0 Å². The van der Waals surface area contributed by atoms with E-state index >= 15 is 0 Å². The number of halogens is 9. The molecule has 0 N–H and O–H groups in total. The van der Waals surface area contributed by atoms with Crippen molar-refractivity contribution in [3.63, 3.8) is 0 Å². The molecular weight excluding hydrogens is 543 g/mol. The molecule has 0 radical (unpaired) electrons. The van der Waals surface area contributed by atoms with Crippen LogP contribution in [0.4, 0.5) is 0 Å². The zero-order valence-electron chi connectivity index (χ0n) is 11.1. The third kappa shape index (κ3) is 5.36. The molecule has 0 saturated heterocycles. The highest BCUT2D eigenvalue weighted by molar-refractivity contribution is 8.14. The van der Waals surface area contributed by atoms with Crippen molar-refractivity contribution in [2.75, 3.05) is 6.26 Å². The van der Waals surface area contributed by atoms with Crippen LogP contribution in [0.3, 0.4) is 0 Å². The molecule has 0 heterocycles. The van der Waals surface area contributed by atoms with Gasteiger partial charge in [0.25, 0.3) is 0 Å². The molecule has 1 nitrogen and oxygen atoms in total. The minimum absolute atomic E-state index is 0.0254. The van der Waals surface area contributed by atoms with Gasteiger partial charge in [0.2, 0.25) is 5.12 Å². The third-order valence-electron chi connectivity index (χ3n) is 2.28. The van der Waals surface area contributed by atoms with Gasteiger partial charge in [-0.3, -0.25) is 4.79 Å². The lowest BCUT2D eigenvalue weighted by Gasteiger charge is -2.11. The van der Waals surface area contributed by atoms with Crippen molar-refractivity contribution in [2.24, 2.45) is 0 Å². The molecule has 0 aliphatic carbocycles. The summed E-state index contributed by atoms with van der Waals surface area (Å²) in [5, 5.41) is -1.53. The lowest BCUT2D eigenvalue weighted by atomic mass is 10.3. The molecule has 0 aliphatic heterocycles. The fourth-order valence-electron chi connectivity index (χ4n) is 1.17. The molecule has 0 aromatic heterocycles. The average Bonchev–Trinajstić information content (AvgIpc) is 2.58. The predicted octanol–water partition coefficient (Wildman–Crippen LogP) is 9.27. The number of thioether (sulfide) groups is 2. The van der Waals surface area contributed by atoms with Crippen LogP contribution in [0.1, 0.15) is 0 Å². The Morgan fingerprint density at radius 3 is 1.54 bits per heavy atom. The van der Waals surface area contributed by atoms with E-state index < -0.39 is 5.12 Å². The first-order valence-corrected chi connectivity index (χ1v) is 10.9. The molecule has 0 saturated carbocycles. The average molecular weight is 546 g/mol. The van der Waals surface area contributed by atoms with E-state index in [9.17, 15) is 4.79 Å². The van der Waals surface area contributed by atoms with Gasteiger partial charge in [-0.2, -0.15) is 0 Å². The molecule has 132 valence electrons. The van der Waals surface area contributed by atoms with Crippen molar-refractivity contribution in [3.05, 3.63) is 44.6 Å². The molecule has 0 atom stereocenters. The second kappa shape index (κ2) is 10.3. The molecule has 0 amide bonds. The van der Waals surface area contributed by atoms with Crippen LogP contribution in [0.15, 0.2) is 24.4 Å². The Labute approximate surface area is 191 Å². The zero-order chi connectivity index (χ0) is 18.8. The molecule has 1 aromatic carbocycles. The Hall–Kier alpha value is 1.68.